The largest absolute Gasteiger partial charge is 0.465 e. The molecule has 0 amide bonds. The van der Waals surface area contributed by atoms with Crippen molar-refractivity contribution in [2.24, 2.45) is 0 Å². The van der Waals surface area contributed by atoms with E-state index in [0.717, 1.165) is 12.1 Å². The van der Waals surface area contributed by atoms with E-state index in [1.165, 1.54) is 0 Å². The summed E-state index contributed by atoms with van der Waals surface area (Å²) in [7, 11) is 0. The number of rotatable bonds is 5. The summed E-state index contributed by atoms with van der Waals surface area (Å²) in [6.45, 7) is 5.12. The molecule has 0 aromatic heterocycles. The van der Waals surface area contributed by atoms with Gasteiger partial charge in [0.25, 0.3) is 0 Å². The average Bonchev–Trinajstić information content (AvgIpc) is 2.35. The molecule has 0 aliphatic rings. The van der Waals surface area contributed by atoms with Gasteiger partial charge in [-0.05, 0) is 38.5 Å². The number of hydrogen-bond acceptors (Lipinski definition) is 3. The van der Waals surface area contributed by atoms with Crippen molar-refractivity contribution in [3.63, 3.8) is 0 Å². The molecule has 0 spiro atoms. The average molecular weight is 275 g/mol. The predicted octanol–water partition coefficient (Wildman–Crippen LogP) is 2.71. The summed E-state index contributed by atoms with van der Waals surface area (Å²) in [5.41, 5.74) is 0.215. The molecule has 0 fully saturated rings. The Morgan fingerprint density at radius 1 is 1.26 bits per heavy atom. The normalized spacial score (nSPS) is 14.0. The number of halogens is 3. The topological polar surface area (TPSA) is 38.3 Å². The van der Waals surface area contributed by atoms with E-state index in [0.29, 0.717) is 0 Å². The molecule has 0 unspecified atom stereocenters. The molecule has 1 aromatic rings. The number of ether oxygens (including phenoxy) is 1. The Kier molecular flexibility index (Phi) is 5.35. The van der Waals surface area contributed by atoms with Crippen molar-refractivity contribution in [2.75, 3.05) is 6.61 Å². The van der Waals surface area contributed by atoms with E-state index >= 15 is 0 Å². The van der Waals surface area contributed by atoms with E-state index in [4.69, 9.17) is 4.74 Å². The van der Waals surface area contributed by atoms with E-state index in [-0.39, 0.29) is 12.2 Å². The van der Waals surface area contributed by atoms with Crippen molar-refractivity contribution in [1.82, 2.24) is 5.32 Å². The summed E-state index contributed by atoms with van der Waals surface area (Å²) in [6, 6.07) is 0.636. The summed E-state index contributed by atoms with van der Waals surface area (Å²) in [5, 5.41) is 2.82. The molecule has 106 valence electrons. The Hall–Kier alpha value is -1.56. The lowest BCUT2D eigenvalue weighted by atomic mass is 10.1. The van der Waals surface area contributed by atoms with Crippen molar-refractivity contribution in [3.8, 4) is 0 Å². The van der Waals surface area contributed by atoms with E-state index in [1.807, 2.05) is 0 Å². The third-order valence-corrected chi connectivity index (χ3v) is 2.65. The zero-order valence-electron chi connectivity index (χ0n) is 11.0. The van der Waals surface area contributed by atoms with Crippen LogP contribution in [-0.2, 0) is 9.53 Å². The lowest BCUT2D eigenvalue weighted by Gasteiger charge is -2.19. The van der Waals surface area contributed by atoms with Gasteiger partial charge >= 0.3 is 5.97 Å². The van der Waals surface area contributed by atoms with E-state index in [2.05, 4.69) is 5.32 Å². The van der Waals surface area contributed by atoms with Crippen LogP contribution in [0.4, 0.5) is 13.2 Å². The van der Waals surface area contributed by atoms with Crippen molar-refractivity contribution >= 4 is 5.97 Å². The highest BCUT2D eigenvalue weighted by molar-refractivity contribution is 5.75. The van der Waals surface area contributed by atoms with Crippen LogP contribution in [0.5, 0.6) is 0 Å². The molecule has 0 heterocycles. The van der Waals surface area contributed by atoms with E-state index < -0.39 is 35.5 Å². The first-order chi connectivity index (χ1) is 8.86. The SMILES string of the molecule is CCOC(=O)[C@@H](C)N[C@H](C)c1cc(F)c(F)c(F)c1. The van der Waals surface area contributed by atoms with Crippen LogP contribution in [0.2, 0.25) is 0 Å². The van der Waals surface area contributed by atoms with Gasteiger partial charge in [-0.25, -0.2) is 13.2 Å². The standard InChI is InChI=1S/C13H16F3NO2/c1-4-19-13(18)8(3)17-7(2)9-5-10(14)12(16)11(15)6-9/h5-8,17H,4H2,1-3H3/t7-,8-/m1/s1. The zero-order chi connectivity index (χ0) is 14.6. The zero-order valence-corrected chi connectivity index (χ0v) is 11.0. The number of benzene rings is 1. The molecule has 1 rings (SSSR count). The number of nitrogens with one attached hydrogen (secondary N) is 1. The van der Waals surface area contributed by atoms with Gasteiger partial charge in [-0.15, -0.1) is 0 Å². The highest BCUT2D eigenvalue weighted by atomic mass is 19.2. The second-order valence-electron chi connectivity index (χ2n) is 4.16. The fourth-order valence-electron chi connectivity index (χ4n) is 1.63. The Morgan fingerprint density at radius 2 is 1.79 bits per heavy atom. The molecule has 19 heavy (non-hydrogen) atoms. The second kappa shape index (κ2) is 6.56. The van der Waals surface area contributed by atoms with Crippen LogP contribution in [0.25, 0.3) is 0 Å². The van der Waals surface area contributed by atoms with Gasteiger partial charge in [-0.3, -0.25) is 10.1 Å². The molecule has 0 aliphatic carbocycles. The van der Waals surface area contributed by atoms with Crippen LogP contribution < -0.4 is 5.32 Å². The van der Waals surface area contributed by atoms with Crippen molar-refractivity contribution in [2.45, 2.75) is 32.9 Å². The molecular weight excluding hydrogens is 259 g/mol. The molecule has 0 bridgehead atoms. The molecule has 1 N–H and O–H groups in total. The first kappa shape index (κ1) is 15.5. The molecular formula is C13H16F3NO2. The maximum absolute atomic E-state index is 13.1. The summed E-state index contributed by atoms with van der Waals surface area (Å²) in [4.78, 5) is 11.4. The number of carbonyl (C=O) groups excluding carboxylic acids is 1. The van der Waals surface area contributed by atoms with Crippen LogP contribution in [0.1, 0.15) is 32.4 Å². The maximum atomic E-state index is 13.1. The maximum Gasteiger partial charge on any atom is 0.322 e. The molecule has 2 atom stereocenters. The minimum atomic E-state index is -1.51. The van der Waals surface area contributed by atoms with E-state index in [1.54, 1.807) is 20.8 Å². The number of carbonyl (C=O) groups is 1. The Labute approximate surface area is 109 Å². The first-order valence-electron chi connectivity index (χ1n) is 5.94. The van der Waals surface area contributed by atoms with Gasteiger partial charge < -0.3 is 4.74 Å². The minimum Gasteiger partial charge on any atom is -0.465 e. The van der Waals surface area contributed by atoms with Gasteiger partial charge in [0.05, 0.1) is 6.61 Å². The van der Waals surface area contributed by atoms with Crippen LogP contribution in [-0.4, -0.2) is 18.6 Å². The monoisotopic (exact) mass is 275 g/mol. The summed E-state index contributed by atoms with van der Waals surface area (Å²) >= 11 is 0. The second-order valence-corrected chi connectivity index (χ2v) is 4.16. The fourth-order valence-corrected chi connectivity index (χ4v) is 1.63. The third-order valence-electron chi connectivity index (χ3n) is 2.65. The van der Waals surface area contributed by atoms with Gasteiger partial charge in [0.15, 0.2) is 17.5 Å². The van der Waals surface area contributed by atoms with Gasteiger partial charge in [0.2, 0.25) is 0 Å². The van der Waals surface area contributed by atoms with Crippen LogP contribution in [0.3, 0.4) is 0 Å². The van der Waals surface area contributed by atoms with Gasteiger partial charge in [-0.2, -0.15) is 0 Å². The van der Waals surface area contributed by atoms with Gasteiger partial charge in [0, 0.05) is 6.04 Å². The van der Waals surface area contributed by atoms with Crippen LogP contribution in [0.15, 0.2) is 12.1 Å². The molecule has 3 nitrogen and oxygen atoms in total. The quantitative estimate of drug-likeness (QED) is 0.663. The molecule has 0 aliphatic heterocycles. The molecule has 0 saturated heterocycles. The lowest BCUT2D eigenvalue weighted by molar-refractivity contribution is -0.145. The highest BCUT2D eigenvalue weighted by Crippen LogP contribution is 2.19. The molecule has 0 saturated carbocycles. The first-order valence-corrected chi connectivity index (χ1v) is 5.94. The third kappa shape index (κ3) is 3.96. The Morgan fingerprint density at radius 3 is 2.26 bits per heavy atom. The molecule has 0 radical (unpaired) electrons. The van der Waals surface area contributed by atoms with Gasteiger partial charge in [-0.1, -0.05) is 0 Å². The number of esters is 1. The van der Waals surface area contributed by atoms with Crippen molar-refractivity contribution in [3.05, 3.63) is 35.1 Å². The fraction of sp³-hybridized carbons (Fsp3) is 0.462. The lowest BCUT2D eigenvalue weighted by Crippen LogP contribution is -2.37. The van der Waals surface area contributed by atoms with Crippen molar-refractivity contribution in [1.29, 1.82) is 0 Å². The summed E-state index contributed by atoms with van der Waals surface area (Å²) in [5.74, 6) is -4.48. The Balaban J connectivity index is 2.78. The molecule has 6 heteroatoms. The summed E-state index contributed by atoms with van der Waals surface area (Å²) < 4.78 is 43.8. The van der Waals surface area contributed by atoms with Crippen molar-refractivity contribution < 1.29 is 22.7 Å². The predicted molar refractivity (Wildman–Crippen MR) is 64.0 cm³/mol. The van der Waals surface area contributed by atoms with E-state index in [9.17, 15) is 18.0 Å². The number of hydrogen-bond donors (Lipinski definition) is 1. The smallest absolute Gasteiger partial charge is 0.322 e. The summed E-state index contributed by atoms with van der Waals surface area (Å²) in [6.07, 6.45) is 0. The Bertz CT molecular complexity index is 442. The highest BCUT2D eigenvalue weighted by Gasteiger charge is 2.19. The minimum absolute atomic E-state index is 0.215. The van der Waals surface area contributed by atoms with Crippen LogP contribution >= 0.6 is 0 Å². The van der Waals surface area contributed by atoms with Crippen LogP contribution in [0, 0.1) is 17.5 Å². The van der Waals surface area contributed by atoms with Gasteiger partial charge in [0.1, 0.15) is 6.04 Å². The molecule has 1 aromatic carbocycles.